The van der Waals surface area contributed by atoms with Gasteiger partial charge in [-0.05, 0) is 36.4 Å². The van der Waals surface area contributed by atoms with Crippen LogP contribution in [0.2, 0.25) is 0 Å². The molecule has 1 aromatic heterocycles. The van der Waals surface area contributed by atoms with E-state index in [1.165, 1.54) is 7.11 Å². The number of hydrogen-bond acceptors (Lipinski definition) is 5. The van der Waals surface area contributed by atoms with Crippen molar-refractivity contribution in [2.45, 2.75) is 6.42 Å². The summed E-state index contributed by atoms with van der Waals surface area (Å²) in [6, 6.07) is 12.0. The van der Waals surface area contributed by atoms with E-state index in [-0.39, 0.29) is 12.3 Å². The summed E-state index contributed by atoms with van der Waals surface area (Å²) < 4.78 is 15.3. The zero-order chi connectivity index (χ0) is 17.8. The molecule has 128 valence electrons. The number of benzene rings is 2. The van der Waals surface area contributed by atoms with Gasteiger partial charge in [0.2, 0.25) is 5.91 Å². The molecule has 0 saturated heterocycles. The molecule has 0 aliphatic heterocycles. The largest absolute Gasteiger partial charge is 0.497 e. The summed E-state index contributed by atoms with van der Waals surface area (Å²) in [7, 11) is 2.91. The van der Waals surface area contributed by atoms with Gasteiger partial charge in [0.05, 0.1) is 32.5 Å². The number of furan rings is 1. The molecule has 0 aliphatic rings. The first-order valence-electron chi connectivity index (χ1n) is 7.63. The highest BCUT2D eigenvalue weighted by Crippen LogP contribution is 2.26. The predicted octanol–water partition coefficient (Wildman–Crippen LogP) is 3.41. The van der Waals surface area contributed by atoms with Gasteiger partial charge < -0.3 is 19.2 Å². The summed E-state index contributed by atoms with van der Waals surface area (Å²) in [5.41, 5.74) is 2.49. The zero-order valence-corrected chi connectivity index (χ0v) is 13.9. The Balaban J connectivity index is 1.69. The molecule has 0 atom stereocenters. The van der Waals surface area contributed by atoms with Crippen LogP contribution in [0.4, 0.5) is 5.69 Å². The van der Waals surface area contributed by atoms with Crippen molar-refractivity contribution in [2.24, 2.45) is 0 Å². The normalized spacial score (nSPS) is 10.5. The van der Waals surface area contributed by atoms with Crippen molar-refractivity contribution in [1.29, 1.82) is 0 Å². The maximum Gasteiger partial charge on any atom is 0.337 e. The molecular weight excluding hydrogens is 322 g/mol. The third-order valence-corrected chi connectivity index (χ3v) is 3.80. The molecule has 6 heteroatoms. The molecule has 2 aromatic carbocycles. The Bertz CT molecular complexity index is 911. The maximum absolute atomic E-state index is 12.3. The molecular formula is C19H17NO5. The number of anilines is 1. The third kappa shape index (κ3) is 3.63. The van der Waals surface area contributed by atoms with Gasteiger partial charge in [0, 0.05) is 22.7 Å². The van der Waals surface area contributed by atoms with E-state index >= 15 is 0 Å². The van der Waals surface area contributed by atoms with Crippen LogP contribution in [-0.4, -0.2) is 26.1 Å². The van der Waals surface area contributed by atoms with Crippen LogP contribution in [0.5, 0.6) is 5.75 Å². The molecule has 0 spiro atoms. The van der Waals surface area contributed by atoms with E-state index in [1.807, 2.05) is 12.1 Å². The van der Waals surface area contributed by atoms with Crippen molar-refractivity contribution in [1.82, 2.24) is 0 Å². The van der Waals surface area contributed by atoms with Crippen LogP contribution < -0.4 is 10.1 Å². The van der Waals surface area contributed by atoms with Crippen LogP contribution in [0.15, 0.2) is 53.1 Å². The Hall–Kier alpha value is -3.28. The van der Waals surface area contributed by atoms with Crippen molar-refractivity contribution in [3.63, 3.8) is 0 Å². The zero-order valence-electron chi connectivity index (χ0n) is 13.9. The molecule has 3 rings (SSSR count). The Morgan fingerprint density at radius 1 is 1.08 bits per heavy atom. The van der Waals surface area contributed by atoms with Crippen molar-refractivity contribution < 1.29 is 23.5 Å². The Morgan fingerprint density at radius 2 is 1.84 bits per heavy atom. The van der Waals surface area contributed by atoms with E-state index in [1.54, 1.807) is 43.7 Å². The van der Waals surface area contributed by atoms with E-state index < -0.39 is 5.97 Å². The van der Waals surface area contributed by atoms with Crippen molar-refractivity contribution in [2.75, 3.05) is 19.5 Å². The lowest BCUT2D eigenvalue weighted by Crippen LogP contribution is -2.14. The number of methoxy groups -OCH3 is 2. The van der Waals surface area contributed by atoms with Crippen LogP contribution in [0.1, 0.15) is 15.9 Å². The number of carbonyl (C=O) groups is 2. The fourth-order valence-corrected chi connectivity index (χ4v) is 2.51. The molecule has 0 unspecified atom stereocenters. The lowest BCUT2D eigenvalue weighted by molar-refractivity contribution is -0.115. The Morgan fingerprint density at radius 3 is 2.52 bits per heavy atom. The minimum Gasteiger partial charge on any atom is -0.497 e. The lowest BCUT2D eigenvalue weighted by Gasteiger charge is -2.06. The van der Waals surface area contributed by atoms with Gasteiger partial charge in [-0.15, -0.1) is 0 Å². The summed E-state index contributed by atoms with van der Waals surface area (Å²) in [6.07, 6.45) is 1.75. The second kappa shape index (κ2) is 7.09. The van der Waals surface area contributed by atoms with Gasteiger partial charge in [-0.3, -0.25) is 4.79 Å². The molecule has 3 aromatic rings. The summed E-state index contributed by atoms with van der Waals surface area (Å²) in [5.74, 6) is 0.103. The van der Waals surface area contributed by atoms with Crippen LogP contribution in [0.25, 0.3) is 11.0 Å². The van der Waals surface area contributed by atoms with Gasteiger partial charge >= 0.3 is 5.97 Å². The monoisotopic (exact) mass is 339 g/mol. The molecule has 1 heterocycles. The van der Waals surface area contributed by atoms with Gasteiger partial charge in [-0.2, -0.15) is 0 Å². The molecule has 0 saturated carbocycles. The van der Waals surface area contributed by atoms with Crippen LogP contribution >= 0.6 is 0 Å². The van der Waals surface area contributed by atoms with Crippen molar-refractivity contribution in [3.8, 4) is 5.75 Å². The SMILES string of the molecule is COC(=O)c1ccc(NC(=O)Cc2coc3cc(OC)ccc23)cc1. The summed E-state index contributed by atoms with van der Waals surface area (Å²) in [4.78, 5) is 23.7. The number of rotatable bonds is 5. The standard InChI is InChI=1S/C19H17NO5/c1-23-15-7-8-16-13(11-25-17(16)10-15)9-18(21)20-14-5-3-12(4-6-14)19(22)24-2/h3-8,10-11H,9H2,1-2H3,(H,20,21). The first-order chi connectivity index (χ1) is 12.1. The van der Waals surface area contributed by atoms with Crippen molar-refractivity contribution >= 4 is 28.5 Å². The van der Waals surface area contributed by atoms with E-state index in [0.29, 0.717) is 22.6 Å². The number of nitrogens with one attached hydrogen (secondary N) is 1. The summed E-state index contributed by atoms with van der Waals surface area (Å²) in [6.45, 7) is 0. The Kier molecular flexibility index (Phi) is 4.70. The third-order valence-electron chi connectivity index (χ3n) is 3.80. The van der Waals surface area contributed by atoms with Gasteiger partial charge in [0.25, 0.3) is 0 Å². The highest BCUT2D eigenvalue weighted by Gasteiger charge is 2.12. The molecule has 0 fully saturated rings. The predicted molar refractivity (Wildman–Crippen MR) is 92.9 cm³/mol. The highest BCUT2D eigenvalue weighted by molar-refractivity contribution is 5.96. The van der Waals surface area contributed by atoms with Gasteiger partial charge in [-0.25, -0.2) is 4.79 Å². The molecule has 0 bridgehead atoms. The number of esters is 1. The van der Waals surface area contributed by atoms with Crippen LogP contribution in [-0.2, 0) is 16.0 Å². The van der Waals surface area contributed by atoms with Gasteiger partial charge in [0.1, 0.15) is 11.3 Å². The van der Waals surface area contributed by atoms with Crippen molar-refractivity contribution in [3.05, 3.63) is 59.9 Å². The quantitative estimate of drug-likeness (QED) is 0.721. The second-order valence-corrected chi connectivity index (χ2v) is 5.42. The fraction of sp³-hybridized carbons (Fsp3) is 0.158. The maximum atomic E-state index is 12.3. The number of amides is 1. The molecule has 1 N–H and O–H groups in total. The van der Waals surface area contributed by atoms with Crippen LogP contribution in [0.3, 0.4) is 0 Å². The molecule has 0 aliphatic carbocycles. The smallest absolute Gasteiger partial charge is 0.337 e. The molecule has 0 radical (unpaired) electrons. The van der Waals surface area contributed by atoms with E-state index in [9.17, 15) is 9.59 Å². The molecule has 25 heavy (non-hydrogen) atoms. The second-order valence-electron chi connectivity index (χ2n) is 5.42. The summed E-state index contributed by atoms with van der Waals surface area (Å²) >= 11 is 0. The van der Waals surface area contributed by atoms with E-state index in [4.69, 9.17) is 9.15 Å². The minimum atomic E-state index is -0.418. The fourth-order valence-electron chi connectivity index (χ4n) is 2.51. The Labute approximate surface area is 144 Å². The summed E-state index contributed by atoms with van der Waals surface area (Å²) in [5, 5.41) is 3.67. The first kappa shape index (κ1) is 16.6. The first-order valence-corrected chi connectivity index (χ1v) is 7.63. The number of ether oxygens (including phenoxy) is 2. The molecule has 6 nitrogen and oxygen atoms in total. The average Bonchev–Trinajstić information content (AvgIpc) is 3.03. The van der Waals surface area contributed by atoms with Gasteiger partial charge in [-0.1, -0.05) is 0 Å². The highest BCUT2D eigenvalue weighted by atomic mass is 16.5. The number of carbonyl (C=O) groups excluding carboxylic acids is 2. The van der Waals surface area contributed by atoms with Crippen LogP contribution in [0, 0.1) is 0 Å². The molecule has 1 amide bonds. The van der Waals surface area contributed by atoms with E-state index in [2.05, 4.69) is 10.1 Å². The lowest BCUT2D eigenvalue weighted by atomic mass is 10.1. The number of hydrogen-bond donors (Lipinski definition) is 1. The average molecular weight is 339 g/mol. The minimum absolute atomic E-state index is 0.177. The number of fused-ring (bicyclic) bond motifs is 1. The topological polar surface area (TPSA) is 77.8 Å². The van der Waals surface area contributed by atoms with Gasteiger partial charge in [0.15, 0.2) is 0 Å². The van der Waals surface area contributed by atoms with E-state index in [0.717, 1.165) is 10.9 Å².